The van der Waals surface area contributed by atoms with Gasteiger partial charge in [0.1, 0.15) is 11.6 Å². The van der Waals surface area contributed by atoms with E-state index in [4.69, 9.17) is 23.1 Å². The summed E-state index contributed by atoms with van der Waals surface area (Å²) in [6.45, 7) is 16.5. The maximum atomic E-state index is 13.8. The average Bonchev–Trinajstić information content (AvgIpc) is 3.50. The lowest BCUT2D eigenvalue weighted by molar-refractivity contribution is -0.121. The first kappa shape index (κ1) is 37.4. The Kier molecular flexibility index (Phi) is 9.51. The summed E-state index contributed by atoms with van der Waals surface area (Å²) >= 11 is 0. The Morgan fingerprint density at radius 2 is 1.55 bits per heavy atom. The number of sulfonamides is 1. The van der Waals surface area contributed by atoms with Crippen LogP contribution in [0.2, 0.25) is 18.1 Å². The molecule has 10 nitrogen and oxygen atoms in total. The summed E-state index contributed by atoms with van der Waals surface area (Å²) in [5.41, 5.74) is 1.99. The van der Waals surface area contributed by atoms with Gasteiger partial charge in [0, 0.05) is 17.9 Å². The van der Waals surface area contributed by atoms with E-state index in [0.717, 1.165) is 22.3 Å². The second-order valence-corrected chi connectivity index (χ2v) is 23.6. The first-order valence-electron chi connectivity index (χ1n) is 17.1. The molecule has 0 amide bonds. The molecule has 2 bridgehead atoms. The van der Waals surface area contributed by atoms with Crippen LogP contribution in [0.15, 0.2) is 93.2 Å². The smallest absolute Gasteiger partial charge is 0.296 e. The van der Waals surface area contributed by atoms with Gasteiger partial charge < -0.3 is 13.9 Å². The SMILES string of the molecule is COc1cccc2c1[C@@H]1C[C@@](C)(O[C@]13C=C(CCOS(=O)(=O)c1ccc(C)cc1)C(NS(=O)(=O)c1ccc(C)cc1)=N3)[C@@H]2O[Si](C)(C)C(C)(C)C. The van der Waals surface area contributed by atoms with E-state index in [1.165, 1.54) is 24.3 Å². The van der Waals surface area contributed by atoms with E-state index >= 15 is 0 Å². The fourth-order valence-corrected chi connectivity index (χ4v) is 10.2. The molecule has 1 fully saturated rings. The van der Waals surface area contributed by atoms with Crippen molar-refractivity contribution in [2.24, 2.45) is 4.99 Å². The van der Waals surface area contributed by atoms with Gasteiger partial charge in [-0.1, -0.05) is 68.3 Å². The zero-order valence-corrected chi connectivity index (χ0v) is 33.4. The largest absolute Gasteiger partial charge is 0.496 e. The van der Waals surface area contributed by atoms with E-state index in [0.29, 0.717) is 17.7 Å². The van der Waals surface area contributed by atoms with Gasteiger partial charge in [-0.15, -0.1) is 0 Å². The Labute approximate surface area is 303 Å². The number of hydrogen-bond acceptors (Lipinski definition) is 9. The van der Waals surface area contributed by atoms with E-state index in [1.54, 1.807) is 31.4 Å². The molecule has 1 aliphatic carbocycles. The molecule has 2 aliphatic heterocycles. The number of nitrogens with zero attached hydrogens (tertiary/aromatic N) is 1. The van der Waals surface area contributed by atoms with Crippen LogP contribution in [0.5, 0.6) is 5.75 Å². The molecule has 51 heavy (non-hydrogen) atoms. The molecule has 6 rings (SSSR count). The first-order valence-corrected chi connectivity index (χ1v) is 22.9. The molecule has 274 valence electrons. The summed E-state index contributed by atoms with van der Waals surface area (Å²) < 4.78 is 82.0. The monoisotopic (exact) mass is 752 g/mol. The second kappa shape index (κ2) is 13.0. The Morgan fingerprint density at radius 1 is 0.941 bits per heavy atom. The molecule has 3 aromatic rings. The highest BCUT2D eigenvalue weighted by molar-refractivity contribution is 7.90. The predicted octanol–water partition coefficient (Wildman–Crippen LogP) is 7.46. The number of amidine groups is 1. The number of aryl methyl sites for hydroxylation is 2. The molecule has 0 aromatic heterocycles. The van der Waals surface area contributed by atoms with Gasteiger partial charge in [-0.05, 0) is 92.9 Å². The fraction of sp³-hybridized carbons (Fsp3) is 0.447. The average molecular weight is 753 g/mol. The first-order chi connectivity index (χ1) is 23.7. The van der Waals surface area contributed by atoms with Crippen LogP contribution in [-0.4, -0.2) is 56.0 Å². The summed E-state index contributed by atoms with van der Waals surface area (Å²) in [5.74, 6) is 0.377. The van der Waals surface area contributed by atoms with Crippen molar-refractivity contribution in [3.8, 4) is 5.75 Å². The molecule has 0 saturated carbocycles. The van der Waals surface area contributed by atoms with Crippen molar-refractivity contribution in [1.82, 2.24) is 4.72 Å². The number of nitrogens with one attached hydrogen (secondary N) is 1. The molecule has 2 heterocycles. The van der Waals surface area contributed by atoms with Crippen molar-refractivity contribution in [2.75, 3.05) is 13.7 Å². The van der Waals surface area contributed by atoms with Crippen LogP contribution in [0.3, 0.4) is 0 Å². The third kappa shape index (κ3) is 6.96. The maximum Gasteiger partial charge on any atom is 0.296 e. The van der Waals surface area contributed by atoms with Crippen molar-refractivity contribution < 1.29 is 34.9 Å². The second-order valence-electron chi connectivity index (χ2n) is 15.5. The van der Waals surface area contributed by atoms with E-state index in [9.17, 15) is 16.8 Å². The number of methoxy groups -OCH3 is 1. The molecule has 0 unspecified atom stereocenters. The van der Waals surface area contributed by atoms with Crippen LogP contribution >= 0.6 is 0 Å². The zero-order valence-electron chi connectivity index (χ0n) is 30.7. The summed E-state index contributed by atoms with van der Waals surface area (Å²) in [4.78, 5) is 5.17. The van der Waals surface area contributed by atoms with Crippen LogP contribution in [0, 0.1) is 13.8 Å². The van der Waals surface area contributed by atoms with E-state index in [2.05, 4.69) is 44.7 Å². The third-order valence-corrected chi connectivity index (χ3v) is 17.8. The highest BCUT2D eigenvalue weighted by Gasteiger charge is 2.64. The number of ether oxygens (including phenoxy) is 2. The summed E-state index contributed by atoms with van der Waals surface area (Å²) in [6, 6.07) is 18.8. The Hall–Kier alpha value is -3.33. The molecule has 13 heteroatoms. The van der Waals surface area contributed by atoms with Gasteiger partial charge in [0.05, 0.1) is 35.2 Å². The fourth-order valence-electron chi connectivity index (χ4n) is 6.88. The lowest BCUT2D eigenvalue weighted by atomic mass is 9.72. The van der Waals surface area contributed by atoms with Crippen LogP contribution in [-0.2, 0) is 33.5 Å². The van der Waals surface area contributed by atoms with E-state index in [-0.39, 0.29) is 39.6 Å². The minimum absolute atomic E-state index is 0.0382. The highest BCUT2D eigenvalue weighted by atomic mass is 32.2. The number of benzene rings is 3. The van der Waals surface area contributed by atoms with Crippen molar-refractivity contribution >= 4 is 34.3 Å². The summed E-state index contributed by atoms with van der Waals surface area (Å²) in [7, 11) is -8.86. The highest BCUT2D eigenvalue weighted by Crippen LogP contribution is 2.64. The van der Waals surface area contributed by atoms with Crippen molar-refractivity contribution in [3.63, 3.8) is 0 Å². The lowest BCUT2D eigenvalue weighted by Gasteiger charge is -2.45. The van der Waals surface area contributed by atoms with Gasteiger partial charge in [0.25, 0.3) is 20.1 Å². The Bertz CT molecular complexity index is 2110. The predicted molar refractivity (Wildman–Crippen MR) is 200 cm³/mol. The normalized spacial score (nSPS) is 24.6. The molecule has 1 saturated heterocycles. The van der Waals surface area contributed by atoms with E-state index in [1.807, 2.05) is 39.0 Å². The minimum atomic E-state index is -4.08. The van der Waals surface area contributed by atoms with Crippen molar-refractivity contribution in [2.45, 2.75) is 106 Å². The van der Waals surface area contributed by atoms with Crippen LogP contribution in [0.25, 0.3) is 0 Å². The van der Waals surface area contributed by atoms with Gasteiger partial charge in [0.2, 0.25) is 0 Å². The Balaban J connectivity index is 1.42. The zero-order chi connectivity index (χ0) is 37.2. The maximum absolute atomic E-state index is 13.8. The van der Waals surface area contributed by atoms with Crippen molar-refractivity contribution in [1.29, 1.82) is 0 Å². The number of rotatable bonds is 10. The minimum Gasteiger partial charge on any atom is -0.496 e. The van der Waals surface area contributed by atoms with Crippen LogP contribution < -0.4 is 9.46 Å². The van der Waals surface area contributed by atoms with Gasteiger partial charge >= 0.3 is 0 Å². The summed E-state index contributed by atoms with van der Waals surface area (Å²) in [5, 5.41) is -0.0749. The lowest BCUT2D eigenvalue weighted by Crippen LogP contribution is -2.48. The molecule has 3 aromatic carbocycles. The molecule has 1 spiro atoms. The summed E-state index contributed by atoms with van der Waals surface area (Å²) in [6.07, 6.45) is 1.95. The number of fused-ring (bicyclic) bond motifs is 5. The standard InChI is InChI=1S/C38H48N2O8S2Si/c1-25-13-17-28(18-14-25)49(41,42)40-35-27(21-22-46-50(43,44)29-19-15-26(2)16-20-29)23-38(39-35)31-24-37(6,48-38)34(47-51(8,9)36(3,4)5)30-11-10-12-32(45-7)33(30)31/h10-20,23,31,34H,21-22,24H2,1-9H3,(H,39,40)/t31-,34+,37+,38+/m0/s1. The number of hydrogen-bond donors (Lipinski definition) is 1. The third-order valence-electron chi connectivity index (χ3n) is 10.7. The van der Waals surface area contributed by atoms with Gasteiger partial charge in [-0.2, -0.15) is 8.42 Å². The van der Waals surface area contributed by atoms with Gasteiger partial charge in [-0.25, -0.2) is 13.4 Å². The molecule has 3 aliphatic rings. The quantitative estimate of drug-likeness (QED) is 0.167. The van der Waals surface area contributed by atoms with Crippen LogP contribution in [0.1, 0.15) is 74.8 Å². The van der Waals surface area contributed by atoms with Gasteiger partial charge in [-0.3, -0.25) is 8.91 Å². The molecule has 0 radical (unpaired) electrons. The molecule has 1 N–H and O–H groups in total. The van der Waals surface area contributed by atoms with E-state index < -0.39 is 45.9 Å². The van der Waals surface area contributed by atoms with Crippen LogP contribution in [0.4, 0.5) is 0 Å². The van der Waals surface area contributed by atoms with Crippen molar-refractivity contribution in [3.05, 3.63) is 101 Å². The molecular formula is C38H48N2O8S2Si. The molecular weight excluding hydrogens is 705 g/mol. The molecule has 4 atom stereocenters. The number of aliphatic imine (C=N–C) groups is 1. The van der Waals surface area contributed by atoms with Gasteiger partial charge in [0.15, 0.2) is 14.0 Å². The Morgan fingerprint density at radius 3 is 2.14 bits per heavy atom. The topological polar surface area (TPSA) is 130 Å².